The SMILES string of the molecule is Cc1cc(C(=O)N2CCCC(C3(O)CC3)C2)cc(=O)[nH]1. The Bertz CT molecular complexity index is 589. The number of hydrogen-bond donors (Lipinski definition) is 2. The van der Waals surface area contributed by atoms with Crippen LogP contribution in [-0.4, -0.2) is 39.6 Å². The van der Waals surface area contributed by atoms with E-state index in [9.17, 15) is 14.7 Å². The number of aryl methyl sites for hydroxylation is 1. The van der Waals surface area contributed by atoms with E-state index in [1.165, 1.54) is 6.07 Å². The van der Waals surface area contributed by atoms with Gasteiger partial charge in [0.2, 0.25) is 5.56 Å². The van der Waals surface area contributed by atoms with Crippen LogP contribution in [0.4, 0.5) is 0 Å². The predicted molar refractivity (Wildman–Crippen MR) is 74.6 cm³/mol. The average Bonchev–Trinajstić information content (AvgIpc) is 3.16. The number of nitrogens with zero attached hydrogens (tertiary/aromatic N) is 1. The van der Waals surface area contributed by atoms with Gasteiger partial charge in [0.05, 0.1) is 5.60 Å². The van der Waals surface area contributed by atoms with Crippen molar-refractivity contribution >= 4 is 5.91 Å². The molecule has 1 unspecified atom stereocenters. The first-order valence-corrected chi connectivity index (χ1v) is 7.20. The molecule has 1 aliphatic carbocycles. The van der Waals surface area contributed by atoms with Gasteiger partial charge in [0.25, 0.3) is 5.91 Å². The molecule has 1 saturated heterocycles. The van der Waals surface area contributed by atoms with Gasteiger partial charge < -0.3 is 15.0 Å². The fraction of sp³-hybridized carbons (Fsp3) is 0.600. The van der Waals surface area contributed by atoms with Crippen molar-refractivity contribution in [3.63, 3.8) is 0 Å². The van der Waals surface area contributed by atoms with Crippen LogP contribution in [0.2, 0.25) is 0 Å². The highest BCUT2D eigenvalue weighted by molar-refractivity contribution is 5.94. The topological polar surface area (TPSA) is 73.4 Å². The molecular formula is C15H20N2O3. The smallest absolute Gasteiger partial charge is 0.254 e. The number of aromatic amines is 1. The minimum absolute atomic E-state index is 0.104. The molecule has 2 N–H and O–H groups in total. The molecule has 1 saturated carbocycles. The first-order chi connectivity index (χ1) is 9.48. The summed E-state index contributed by atoms with van der Waals surface area (Å²) in [6, 6.07) is 3.06. The van der Waals surface area contributed by atoms with Crippen molar-refractivity contribution in [3.05, 3.63) is 33.7 Å². The Morgan fingerprint density at radius 1 is 1.45 bits per heavy atom. The van der Waals surface area contributed by atoms with Gasteiger partial charge in [0.15, 0.2) is 0 Å². The number of hydrogen-bond acceptors (Lipinski definition) is 3. The molecule has 0 radical (unpaired) electrons. The lowest BCUT2D eigenvalue weighted by Crippen LogP contribution is -2.44. The van der Waals surface area contributed by atoms with Gasteiger partial charge >= 0.3 is 0 Å². The molecule has 0 spiro atoms. The summed E-state index contributed by atoms with van der Waals surface area (Å²) in [5.74, 6) is 0.0800. The monoisotopic (exact) mass is 276 g/mol. The minimum atomic E-state index is -0.539. The molecule has 0 aromatic carbocycles. The second-order valence-corrected chi connectivity index (χ2v) is 6.11. The standard InChI is InChI=1S/C15H20N2O3/c1-10-7-11(8-13(18)16-10)14(19)17-6-2-3-12(9-17)15(20)4-5-15/h7-8,12,20H,2-6,9H2,1H3,(H,16,18). The number of nitrogens with one attached hydrogen (secondary N) is 1. The van der Waals surface area contributed by atoms with E-state index in [0.717, 1.165) is 25.7 Å². The maximum atomic E-state index is 12.5. The molecule has 1 amide bonds. The number of carbonyl (C=O) groups is 1. The first kappa shape index (κ1) is 13.4. The number of carbonyl (C=O) groups excluding carboxylic acids is 1. The van der Waals surface area contributed by atoms with E-state index in [2.05, 4.69) is 4.98 Å². The minimum Gasteiger partial charge on any atom is -0.390 e. The number of rotatable bonds is 2. The van der Waals surface area contributed by atoms with Gasteiger partial charge in [-0.05, 0) is 38.7 Å². The van der Waals surface area contributed by atoms with Crippen LogP contribution >= 0.6 is 0 Å². The van der Waals surface area contributed by atoms with E-state index >= 15 is 0 Å². The number of aliphatic hydroxyl groups is 1. The molecule has 2 fully saturated rings. The van der Waals surface area contributed by atoms with Gasteiger partial charge in [-0.15, -0.1) is 0 Å². The van der Waals surface area contributed by atoms with Crippen LogP contribution in [0.15, 0.2) is 16.9 Å². The van der Waals surface area contributed by atoms with Crippen molar-refractivity contribution in [2.45, 2.75) is 38.2 Å². The fourth-order valence-electron chi connectivity index (χ4n) is 3.13. The number of H-pyrrole nitrogens is 1. The second kappa shape index (κ2) is 4.74. The molecule has 20 heavy (non-hydrogen) atoms. The molecule has 5 heteroatoms. The molecule has 5 nitrogen and oxygen atoms in total. The zero-order valence-corrected chi connectivity index (χ0v) is 11.7. The maximum absolute atomic E-state index is 12.5. The largest absolute Gasteiger partial charge is 0.390 e. The third kappa shape index (κ3) is 2.50. The molecule has 0 bridgehead atoms. The lowest BCUT2D eigenvalue weighted by Gasteiger charge is -2.35. The third-order valence-corrected chi connectivity index (χ3v) is 4.46. The molecule has 108 valence electrons. The molecule has 3 rings (SSSR count). The summed E-state index contributed by atoms with van der Waals surface area (Å²) in [4.78, 5) is 28.4. The van der Waals surface area contributed by atoms with E-state index in [-0.39, 0.29) is 17.4 Å². The van der Waals surface area contributed by atoms with E-state index in [4.69, 9.17) is 0 Å². The highest BCUT2D eigenvalue weighted by Crippen LogP contribution is 2.45. The van der Waals surface area contributed by atoms with Crippen LogP contribution in [-0.2, 0) is 0 Å². The van der Waals surface area contributed by atoms with E-state index < -0.39 is 5.60 Å². The summed E-state index contributed by atoms with van der Waals surface area (Å²) in [6.45, 7) is 3.07. The summed E-state index contributed by atoms with van der Waals surface area (Å²) >= 11 is 0. The van der Waals surface area contributed by atoms with Gasteiger partial charge in [-0.25, -0.2) is 0 Å². The van der Waals surface area contributed by atoms with Crippen molar-refractivity contribution in [1.29, 1.82) is 0 Å². The Morgan fingerprint density at radius 2 is 2.20 bits per heavy atom. The van der Waals surface area contributed by atoms with Crippen LogP contribution in [0, 0.1) is 12.8 Å². The first-order valence-electron chi connectivity index (χ1n) is 7.20. The normalized spacial score (nSPS) is 24.5. The molecule has 1 aromatic heterocycles. The Kier molecular flexibility index (Phi) is 3.17. The van der Waals surface area contributed by atoms with Crippen LogP contribution in [0.3, 0.4) is 0 Å². The number of piperidine rings is 1. The maximum Gasteiger partial charge on any atom is 0.254 e. The Morgan fingerprint density at radius 3 is 2.85 bits per heavy atom. The average molecular weight is 276 g/mol. The second-order valence-electron chi connectivity index (χ2n) is 6.11. The van der Waals surface area contributed by atoms with Crippen molar-refractivity contribution in [2.24, 2.45) is 5.92 Å². The third-order valence-electron chi connectivity index (χ3n) is 4.46. The van der Waals surface area contributed by atoms with Gasteiger partial charge in [-0.2, -0.15) is 0 Å². The van der Waals surface area contributed by atoms with Crippen molar-refractivity contribution in [1.82, 2.24) is 9.88 Å². The zero-order valence-electron chi connectivity index (χ0n) is 11.7. The number of amides is 1. The Hall–Kier alpha value is -1.62. The van der Waals surface area contributed by atoms with Crippen LogP contribution in [0.5, 0.6) is 0 Å². The van der Waals surface area contributed by atoms with E-state index in [1.807, 2.05) is 0 Å². The van der Waals surface area contributed by atoms with Gasteiger partial charge in [-0.3, -0.25) is 9.59 Å². The van der Waals surface area contributed by atoms with E-state index in [0.29, 0.717) is 24.3 Å². The van der Waals surface area contributed by atoms with Gasteiger partial charge in [0, 0.05) is 36.3 Å². The number of pyridine rings is 1. The van der Waals surface area contributed by atoms with Crippen molar-refractivity contribution in [2.75, 3.05) is 13.1 Å². The lowest BCUT2D eigenvalue weighted by atomic mass is 9.90. The number of likely N-dealkylation sites (tertiary alicyclic amines) is 1. The van der Waals surface area contributed by atoms with Crippen molar-refractivity contribution in [3.8, 4) is 0 Å². The molecule has 1 aliphatic heterocycles. The zero-order chi connectivity index (χ0) is 14.3. The summed E-state index contributed by atoms with van der Waals surface area (Å²) in [6.07, 6.45) is 3.60. The van der Waals surface area contributed by atoms with Crippen LogP contribution < -0.4 is 5.56 Å². The summed E-state index contributed by atoms with van der Waals surface area (Å²) in [5, 5.41) is 10.2. The van der Waals surface area contributed by atoms with Gasteiger partial charge in [-0.1, -0.05) is 0 Å². The highest BCUT2D eigenvalue weighted by atomic mass is 16.3. The summed E-state index contributed by atoms with van der Waals surface area (Å²) < 4.78 is 0. The van der Waals surface area contributed by atoms with Crippen LogP contribution in [0.25, 0.3) is 0 Å². The quantitative estimate of drug-likeness (QED) is 0.848. The highest BCUT2D eigenvalue weighted by Gasteiger charge is 2.49. The van der Waals surface area contributed by atoms with E-state index in [1.54, 1.807) is 17.9 Å². The van der Waals surface area contributed by atoms with Crippen molar-refractivity contribution < 1.29 is 9.90 Å². The van der Waals surface area contributed by atoms with Gasteiger partial charge in [0.1, 0.15) is 0 Å². The predicted octanol–water partition coefficient (Wildman–Crippen LogP) is 1.06. The summed E-state index contributed by atoms with van der Waals surface area (Å²) in [5.41, 5.74) is 0.343. The molecule has 2 aliphatic rings. The Labute approximate surface area is 117 Å². The Balaban J connectivity index is 1.77. The molecule has 1 atom stereocenters. The molecule has 1 aromatic rings. The summed E-state index contributed by atoms with van der Waals surface area (Å²) in [7, 11) is 0. The number of aromatic nitrogens is 1. The lowest BCUT2D eigenvalue weighted by molar-refractivity contribution is 0.0282. The fourth-order valence-corrected chi connectivity index (χ4v) is 3.13. The molecule has 2 heterocycles. The van der Waals surface area contributed by atoms with Crippen LogP contribution in [0.1, 0.15) is 41.7 Å². The molecular weight excluding hydrogens is 256 g/mol.